The molecule has 0 radical (unpaired) electrons. The van der Waals surface area contributed by atoms with Crippen molar-refractivity contribution in [3.63, 3.8) is 0 Å². The molecule has 2 rings (SSSR count). The Balaban J connectivity index is 2.92. The number of benzene rings is 1. The molecule has 0 bridgehead atoms. The molecule has 1 aromatic carbocycles. The largest absolute Gasteiger partial charge is 0.344 e. The van der Waals surface area contributed by atoms with Gasteiger partial charge in [0, 0.05) is 19.2 Å². The van der Waals surface area contributed by atoms with Crippen molar-refractivity contribution in [1.82, 2.24) is 4.57 Å². The van der Waals surface area contributed by atoms with Crippen LogP contribution in [-0.4, -0.2) is 14.4 Å². The molecule has 1 heterocycles. The number of rotatable bonds is 2. The van der Waals surface area contributed by atoms with Gasteiger partial charge in [-0.25, -0.2) is 0 Å². The van der Waals surface area contributed by atoms with Gasteiger partial charge in [-0.3, -0.25) is 25.0 Å². The first-order valence-corrected chi connectivity index (χ1v) is 4.84. The molecule has 0 atom stereocenters. The van der Waals surface area contributed by atoms with Crippen LogP contribution in [0.3, 0.4) is 0 Å². The molecule has 0 amide bonds. The number of fused-ring (bicyclic) bond motifs is 1. The second kappa shape index (κ2) is 3.91. The molecule has 0 unspecified atom stereocenters. The standard InChI is InChI=1S/C10H7N3O5/c1-11-5-9(13(17)18)10(14)7-4-6(12(15)16)2-3-8(7)11/h2-5H,1H3. The Morgan fingerprint density at radius 2 is 1.83 bits per heavy atom. The Morgan fingerprint density at radius 1 is 1.17 bits per heavy atom. The molecule has 0 aliphatic heterocycles. The number of non-ortho nitro benzene ring substituents is 1. The zero-order chi connectivity index (χ0) is 13.4. The molecule has 0 saturated carbocycles. The Bertz CT molecular complexity index is 734. The summed E-state index contributed by atoms with van der Waals surface area (Å²) in [7, 11) is 1.53. The van der Waals surface area contributed by atoms with Crippen molar-refractivity contribution in [3.05, 3.63) is 54.8 Å². The van der Waals surface area contributed by atoms with Crippen LogP contribution in [0.1, 0.15) is 0 Å². The number of hydrogen-bond acceptors (Lipinski definition) is 5. The van der Waals surface area contributed by atoms with E-state index < -0.39 is 21.0 Å². The zero-order valence-electron chi connectivity index (χ0n) is 9.19. The molecule has 8 nitrogen and oxygen atoms in total. The molecule has 0 fully saturated rings. The molecule has 0 aliphatic carbocycles. The number of pyridine rings is 1. The summed E-state index contributed by atoms with van der Waals surface area (Å²) in [4.78, 5) is 31.7. The maximum atomic E-state index is 11.8. The smallest absolute Gasteiger partial charge is 0.332 e. The summed E-state index contributed by atoms with van der Waals surface area (Å²) < 4.78 is 1.39. The van der Waals surface area contributed by atoms with Crippen molar-refractivity contribution in [2.24, 2.45) is 7.05 Å². The third-order valence-corrected chi connectivity index (χ3v) is 2.56. The average Bonchev–Trinajstić information content (AvgIpc) is 2.32. The number of nitrogens with zero attached hydrogens (tertiary/aromatic N) is 3. The molecular weight excluding hydrogens is 242 g/mol. The second-order valence-electron chi connectivity index (χ2n) is 3.67. The summed E-state index contributed by atoms with van der Waals surface area (Å²) in [5, 5.41) is 21.3. The van der Waals surface area contributed by atoms with E-state index in [1.165, 1.54) is 23.7 Å². The molecule has 18 heavy (non-hydrogen) atoms. The monoisotopic (exact) mass is 249 g/mol. The molecular formula is C10H7N3O5. The highest BCUT2D eigenvalue weighted by atomic mass is 16.6. The SMILES string of the molecule is Cn1cc([N+](=O)[O-])c(=O)c2cc([N+](=O)[O-])ccc21. The van der Waals surface area contributed by atoms with E-state index in [9.17, 15) is 25.0 Å². The lowest BCUT2D eigenvalue weighted by atomic mass is 10.1. The lowest BCUT2D eigenvalue weighted by molar-refractivity contribution is -0.386. The third-order valence-electron chi connectivity index (χ3n) is 2.56. The molecule has 2 aromatic rings. The van der Waals surface area contributed by atoms with Gasteiger partial charge in [-0.1, -0.05) is 0 Å². The van der Waals surface area contributed by atoms with Crippen LogP contribution in [0.25, 0.3) is 10.9 Å². The maximum Gasteiger partial charge on any atom is 0.332 e. The number of hydrogen-bond donors (Lipinski definition) is 0. The summed E-state index contributed by atoms with van der Waals surface area (Å²) >= 11 is 0. The van der Waals surface area contributed by atoms with E-state index in [1.54, 1.807) is 0 Å². The second-order valence-corrected chi connectivity index (χ2v) is 3.67. The van der Waals surface area contributed by atoms with Gasteiger partial charge in [0.25, 0.3) is 11.1 Å². The van der Waals surface area contributed by atoms with E-state index in [4.69, 9.17) is 0 Å². The predicted octanol–water partition coefficient (Wildman–Crippen LogP) is 1.35. The number of aryl methyl sites for hydroxylation is 1. The number of nitro groups is 2. The van der Waals surface area contributed by atoms with Crippen LogP contribution in [0.2, 0.25) is 0 Å². The quantitative estimate of drug-likeness (QED) is 0.589. The predicted molar refractivity (Wildman–Crippen MR) is 62.5 cm³/mol. The third kappa shape index (κ3) is 1.69. The Morgan fingerprint density at radius 3 is 2.39 bits per heavy atom. The minimum absolute atomic E-state index is 0.0408. The minimum atomic E-state index is -0.822. The van der Waals surface area contributed by atoms with Gasteiger partial charge in [-0.15, -0.1) is 0 Å². The van der Waals surface area contributed by atoms with Gasteiger partial charge in [0.05, 0.1) is 26.9 Å². The van der Waals surface area contributed by atoms with Crippen molar-refractivity contribution in [1.29, 1.82) is 0 Å². The first-order chi connectivity index (χ1) is 8.41. The minimum Gasteiger partial charge on any atom is -0.344 e. The Hall–Kier alpha value is -2.77. The van der Waals surface area contributed by atoms with Crippen LogP contribution in [0, 0.1) is 20.2 Å². The van der Waals surface area contributed by atoms with E-state index in [-0.39, 0.29) is 11.1 Å². The maximum absolute atomic E-state index is 11.8. The molecule has 1 aromatic heterocycles. The van der Waals surface area contributed by atoms with Crippen molar-refractivity contribution < 1.29 is 9.85 Å². The van der Waals surface area contributed by atoms with Gasteiger partial charge in [-0.05, 0) is 6.07 Å². The van der Waals surface area contributed by atoms with Gasteiger partial charge in [0.1, 0.15) is 0 Å². The molecule has 8 heteroatoms. The van der Waals surface area contributed by atoms with Crippen molar-refractivity contribution in [2.45, 2.75) is 0 Å². The van der Waals surface area contributed by atoms with Gasteiger partial charge in [-0.2, -0.15) is 0 Å². The molecule has 0 N–H and O–H groups in total. The molecule has 0 saturated heterocycles. The van der Waals surface area contributed by atoms with E-state index in [0.717, 1.165) is 12.3 Å². The Labute approximate surface area is 99.4 Å². The normalized spacial score (nSPS) is 10.5. The summed E-state index contributed by atoms with van der Waals surface area (Å²) in [5.41, 5.74) is -1.31. The van der Waals surface area contributed by atoms with Gasteiger partial charge in [0.2, 0.25) is 0 Å². The lowest BCUT2D eigenvalue weighted by Crippen LogP contribution is -2.12. The zero-order valence-corrected chi connectivity index (χ0v) is 9.19. The van der Waals surface area contributed by atoms with Crippen LogP contribution in [-0.2, 0) is 7.05 Å². The van der Waals surface area contributed by atoms with Gasteiger partial charge >= 0.3 is 5.69 Å². The van der Waals surface area contributed by atoms with Crippen LogP contribution >= 0.6 is 0 Å². The lowest BCUT2D eigenvalue weighted by Gasteiger charge is -2.04. The highest BCUT2D eigenvalue weighted by Crippen LogP contribution is 2.20. The topological polar surface area (TPSA) is 108 Å². The first kappa shape index (κ1) is 11.7. The highest BCUT2D eigenvalue weighted by Gasteiger charge is 2.18. The summed E-state index contributed by atoms with van der Waals surface area (Å²) in [6.45, 7) is 0. The van der Waals surface area contributed by atoms with Crippen molar-refractivity contribution in [2.75, 3.05) is 0 Å². The van der Waals surface area contributed by atoms with Crippen LogP contribution in [0.15, 0.2) is 29.2 Å². The average molecular weight is 249 g/mol. The van der Waals surface area contributed by atoms with Gasteiger partial charge < -0.3 is 4.57 Å². The van der Waals surface area contributed by atoms with E-state index in [1.807, 2.05) is 0 Å². The fraction of sp³-hybridized carbons (Fsp3) is 0.100. The summed E-state index contributed by atoms with van der Waals surface area (Å²) in [6, 6.07) is 3.68. The van der Waals surface area contributed by atoms with E-state index >= 15 is 0 Å². The molecule has 92 valence electrons. The van der Waals surface area contributed by atoms with Gasteiger partial charge in [0.15, 0.2) is 0 Å². The summed E-state index contributed by atoms with van der Waals surface area (Å²) in [5.74, 6) is 0. The fourth-order valence-corrected chi connectivity index (χ4v) is 1.71. The highest BCUT2D eigenvalue weighted by molar-refractivity contribution is 5.83. The molecule has 0 aliphatic rings. The number of aromatic nitrogens is 1. The van der Waals surface area contributed by atoms with E-state index in [0.29, 0.717) is 5.52 Å². The van der Waals surface area contributed by atoms with Crippen LogP contribution in [0.4, 0.5) is 11.4 Å². The van der Waals surface area contributed by atoms with Crippen molar-refractivity contribution >= 4 is 22.3 Å². The number of nitro benzene ring substituents is 1. The van der Waals surface area contributed by atoms with E-state index in [2.05, 4.69) is 0 Å². The van der Waals surface area contributed by atoms with Crippen LogP contribution < -0.4 is 5.43 Å². The van der Waals surface area contributed by atoms with Crippen molar-refractivity contribution in [3.8, 4) is 0 Å². The summed E-state index contributed by atoms with van der Waals surface area (Å²) in [6.07, 6.45) is 1.09. The Kier molecular flexibility index (Phi) is 2.55. The molecule has 0 spiro atoms. The first-order valence-electron chi connectivity index (χ1n) is 4.84. The fourth-order valence-electron chi connectivity index (χ4n) is 1.71. The van der Waals surface area contributed by atoms with Crippen LogP contribution in [0.5, 0.6) is 0 Å².